The Kier molecular flexibility index (Phi) is 4.78. The van der Waals surface area contributed by atoms with Crippen molar-refractivity contribution in [1.29, 1.82) is 0 Å². The van der Waals surface area contributed by atoms with Crippen LogP contribution in [-0.2, 0) is 23.2 Å². The van der Waals surface area contributed by atoms with Gasteiger partial charge in [-0.15, -0.1) is 0 Å². The summed E-state index contributed by atoms with van der Waals surface area (Å²) in [5, 5.41) is 0.679. The predicted octanol–water partition coefficient (Wildman–Crippen LogP) is 4.19. The van der Waals surface area contributed by atoms with Gasteiger partial charge in [0.2, 0.25) is 0 Å². The molecule has 0 saturated carbocycles. The molecule has 5 rings (SSSR count). The fraction of sp³-hybridized carbons (Fsp3) is 0.240. The molecule has 156 valence electrons. The third-order valence-corrected chi connectivity index (χ3v) is 6.74. The van der Waals surface area contributed by atoms with Crippen molar-refractivity contribution in [1.82, 2.24) is 9.88 Å². The zero-order chi connectivity index (χ0) is 21.6. The maximum absolute atomic E-state index is 13.7. The van der Waals surface area contributed by atoms with Crippen LogP contribution < -0.4 is 5.73 Å². The van der Waals surface area contributed by atoms with Gasteiger partial charge in [0.15, 0.2) is 11.5 Å². The normalized spacial score (nSPS) is 22.5. The molecule has 1 aliphatic carbocycles. The van der Waals surface area contributed by atoms with Crippen LogP contribution in [-0.4, -0.2) is 28.8 Å². The number of rotatable bonds is 3. The maximum Gasteiger partial charge on any atom is 0.261 e. The molecule has 1 aliphatic heterocycles. The van der Waals surface area contributed by atoms with Crippen molar-refractivity contribution in [3.8, 4) is 11.1 Å². The lowest BCUT2D eigenvalue weighted by atomic mass is 9.66. The van der Waals surface area contributed by atoms with Crippen LogP contribution in [0.15, 0.2) is 72.0 Å². The number of nitrogens with zero attached hydrogens (tertiary/aromatic N) is 3. The summed E-state index contributed by atoms with van der Waals surface area (Å²) in [7, 11) is 1.70. The molecule has 2 heterocycles. The Morgan fingerprint density at radius 1 is 1.16 bits per heavy atom. The fourth-order valence-corrected chi connectivity index (χ4v) is 5.10. The van der Waals surface area contributed by atoms with Crippen LogP contribution in [0.4, 0.5) is 0 Å². The summed E-state index contributed by atoms with van der Waals surface area (Å²) in [5.41, 5.74) is 10.4. The number of aryl methyl sites for hydroxylation is 1. The van der Waals surface area contributed by atoms with E-state index in [1.165, 1.54) is 4.90 Å². The third-order valence-electron chi connectivity index (χ3n) is 6.50. The minimum Gasteiger partial charge on any atom is -0.369 e. The molecule has 0 bridgehead atoms. The second kappa shape index (κ2) is 7.50. The molecule has 0 unspecified atom stereocenters. The van der Waals surface area contributed by atoms with Gasteiger partial charge in [-0.25, -0.2) is 4.99 Å². The van der Waals surface area contributed by atoms with Crippen LogP contribution in [0, 0.1) is 5.92 Å². The van der Waals surface area contributed by atoms with Crippen LogP contribution in [0.3, 0.4) is 0 Å². The monoisotopic (exact) mass is 430 g/mol. The fourth-order valence-electron chi connectivity index (χ4n) is 4.91. The van der Waals surface area contributed by atoms with Gasteiger partial charge in [0.25, 0.3) is 5.91 Å². The van der Waals surface area contributed by atoms with Crippen LogP contribution in [0.1, 0.15) is 23.1 Å². The lowest BCUT2D eigenvalue weighted by molar-refractivity contribution is -0.133. The number of carbonyl (C=O) groups excluding carboxylic acids is 1. The Balaban J connectivity index is 1.67. The molecule has 5 nitrogen and oxygen atoms in total. The average Bonchev–Trinajstić information content (AvgIpc) is 3.01. The van der Waals surface area contributed by atoms with Gasteiger partial charge < -0.3 is 5.73 Å². The van der Waals surface area contributed by atoms with Gasteiger partial charge in [-0.3, -0.25) is 14.7 Å². The highest BCUT2D eigenvalue weighted by Gasteiger charge is 2.55. The highest BCUT2D eigenvalue weighted by Crippen LogP contribution is 2.48. The SMILES string of the molecule is CN1C(=O)[C@@]2(N=C1N)c1cc(-c3cccc(Cl)c3)ccc1CC[C@@H]2Cc1cccnc1. The number of hydrogen-bond donors (Lipinski definition) is 1. The van der Waals surface area contributed by atoms with Crippen molar-refractivity contribution >= 4 is 23.5 Å². The summed E-state index contributed by atoms with van der Waals surface area (Å²) in [6, 6.07) is 18.0. The number of aliphatic imine (C=N–C) groups is 1. The highest BCUT2D eigenvalue weighted by molar-refractivity contribution is 6.30. The van der Waals surface area contributed by atoms with Crippen LogP contribution in [0.25, 0.3) is 11.1 Å². The number of nitrogens with two attached hydrogens (primary N) is 1. The van der Waals surface area contributed by atoms with Gasteiger partial charge >= 0.3 is 0 Å². The van der Waals surface area contributed by atoms with Crippen molar-refractivity contribution in [2.24, 2.45) is 16.6 Å². The summed E-state index contributed by atoms with van der Waals surface area (Å²) in [4.78, 5) is 24.2. The van der Waals surface area contributed by atoms with Crippen molar-refractivity contribution in [3.63, 3.8) is 0 Å². The first-order valence-electron chi connectivity index (χ1n) is 10.4. The van der Waals surface area contributed by atoms with E-state index in [0.717, 1.165) is 40.7 Å². The summed E-state index contributed by atoms with van der Waals surface area (Å²) < 4.78 is 0. The third kappa shape index (κ3) is 3.20. The van der Waals surface area contributed by atoms with E-state index in [4.69, 9.17) is 22.3 Å². The van der Waals surface area contributed by atoms with E-state index >= 15 is 0 Å². The Morgan fingerprint density at radius 2 is 2.00 bits per heavy atom. The zero-order valence-corrected chi connectivity index (χ0v) is 18.0. The van der Waals surface area contributed by atoms with Crippen molar-refractivity contribution in [3.05, 3.63) is 88.7 Å². The molecule has 1 spiro atoms. The molecule has 2 aliphatic rings. The number of benzene rings is 2. The molecule has 31 heavy (non-hydrogen) atoms. The van der Waals surface area contributed by atoms with Gasteiger partial charge in [0.1, 0.15) is 0 Å². The van der Waals surface area contributed by atoms with E-state index in [-0.39, 0.29) is 17.8 Å². The molecule has 0 fully saturated rings. The second-order valence-corrected chi connectivity index (χ2v) is 8.72. The number of hydrogen-bond acceptors (Lipinski definition) is 4. The van der Waals surface area contributed by atoms with Gasteiger partial charge in [0.05, 0.1) is 0 Å². The van der Waals surface area contributed by atoms with Crippen molar-refractivity contribution in [2.75, 3.05) is 7.05 Å². The molecule has 0 radical (unpaired) electrons. The van der Waals surface area contributed by atoms with Gasteiger partial charge in [-0.05, 0) is 71.3 Å². The topological polar surface area (TPSA) is 71.6 Å². The molecule has 2 aromatic carbocycles. The molecule has 0 saturated heterocycles. The minimum atomic E-state index is -1.02. The van der Waals surface area contributed by atoms with Crippen LogP contribution in [0.5, 0.6) is 0 Å². The minimum absolute atomic E-state index is 0.00480. The van der Waals surface area contributed by atoms with E-state index in [1.54, 1.807) is 13.2 Å². The number of carbonyl (C=O) groups is 1. The molecular formula is C25H23ClN4O. The van der Waals surface area contributed by atoms with Gasteiger partial charge in [-0.2, -0.15) is 0 Å². The van der Waals surface area contributed by atoms with Crippen molar-refractivity contribution in [2.45, 2.75) is 24.8 Å². The first-order chi connectivity index (χ1) is 15.0. The van der Waals surface area contributed by atoms with E-state index in [9.17, 15) is 4.79 Å². The second-order valence-electron chi connectivity index (χ2n) is 8.28. The Hall–Kier alpha value is -3.18. The smallest absolute Gasteiger partial charge is 0.261 e. The number of pyridine rings is 1. The molecule has 6 heteroatoms. The lowest BCUT2D eigenvalue weighted by Gasteiger charge is -2.39. The maximum atomic E-state index is 13.7. The zero-order valence-electron chi connectivity index (χ0n) is 17.3. The van der Waals surface area contributed by atoms with E-state index in [1.807, 2.05) is 36.5 Å². The molecule has 2 atom stereocenters. The largest absolute Gasteiger partial charge is 0.369 e. The molecule has 2 N–H and O–H groups in total. The van der Waals surface area contributed by atoms with Crippen LogP contribution in [0.2, 0.25) is 5.02 Å². The number of halogens is 1. The van der Waals surface area contributed by atoms with Gasteiger partial charge in [-0.1, -0.05) is 41.9 Å². The standard InChI is InChI=1S/C25H23ClN4O/c1-30-23(31)25(29-24(30)27)20(12-16-4-3-11-28-15-16)10-9-17-7-8-19(14-22(17)25)18-5-2-6-21(26)13-18/h2-8,11,13-15,20H,9-10,12H2,1H3,(H2,27,29)/t20-,25+/m1/s1. The molecule has 3 aromatic rings. The average molecular weight is 431 g/mol. The van der Waals surface area contributed by atoms with Crippen LogP contribution >= 0.6 is 11.6 Å². The first kappa shape index (κ1) is 19.8. The van der Waals surface area contributed by atoms with E-state index in [0.29, 0.717) is 11.4 Å². The number of aromatic nitrogens is 1. The summed E-state index contributed by atoms with van der Waals surface area (Å²) >= 11 is 6.23. The summed E-state index contributed by atoms with van der Waals surface area (Å²) in [5.74, 6) is 0.195. The lowest BCUT2D eigenvalue weighted by Crippen LogP contribution is -2.48. The number of amides is 1. The number of guanidine groups is 1. The highest BCUT2D eigenvalue weighted by atomic mass is 35.5. The van der Waals surface area contributed by atoms with E-state index < -0.39 is 5.54 Å². The molecular weight excluding hydrogens is 408 g/mol. The molecule has 1 amide bonds. The first-order valence-corrected chi connectivity index (χ1v) is 10.8. The summed E-state index contributed by atoms with van der Waals surface area (Å²) in [6.45, 7) is 0. The Bertz CT molecular complexity index is 1190. The Labute approximate surface area is 186 Å². The van der Waals surface area contributed by atoms with E-state index in [2.05, 4.69) is 29.2 Å². The Morgan fingerprint density at radius 3 is 2.71 bits per heavy atom. The summed E-state index contributed by atoms with van der Waals surface area (Å²) in [6.07, 6.45) is 6.09. The molecule has 1 aromatic heterocycles. The quantitative estimate of drug-likeness (QED) is 0.677. The number of fused-ring (bicyclic) bond motifs is 2. The van der Waals surface area contributed by atoms with Crippen molar-refractivity contribution < 1.29 is 4.79 Å². The van der Waals surface area contributed by atoms with Gasteiger partial charge in [0, 0.05) is 30.4 Å². The number of likely N-dealkylation sites (N-methyl/N-ethyl adjacent to an activating group) is 1. The predicted molar refractivity (Wildman–Crippen MR) is 123 cm³/mol.